The van der Waals surface area contributed by atoms with Gasteiger partial charge in [-0.25, -0.2) is 0 Å². The van der Waals surface area contributed by atoms with Gasteiger partial charge < -0.3 is 0 Å². The molecule has 0 N–H and O–H groups in total. The molecule has 0 aliphatic carbocycles. The van der Waals surface area contributed by atoms with Crippen LogP contribution in [0.15, 0.2) is 117 Å². The third kappa shape index (κ3) is 2.03. The average molecular weight is 381 g/mol. The van der Waals surface area contributed by atoms with Crippen molar-refractivity contribution in [2.24, 2.45) is 0 Å². The van der Waals surface area contributed by atoms with Crippen LogP contribution >= 0.6 is 23.5 Å². The fourth-order valence-electron chi connectivity index (χ4n) is 4.57. The summed E-state index contributed by atoms with van der Waals surface area (Å²) in [5, 5.41) is 0. The molecule has 4 aromatic rings. The van der Waals surface area contributed by atoms with Gasteiger partial charge in [-0.05, 0) is 46.5 Å². The molecule has 0 unspecified atom stereocenters. The van der Waals surface area contributed by atoms with E-state index in [0.29, 0.717) is 0 Å². The lowest BCUT2D eigenvalue weighted by molar-refractivity contribution is 0.667. The molecule has 0 radical (unpaired) electrons. The van der Waals surface area contributed by atoms with Crippen LogP contribution in [0, 0.1) is 0 Å². The smallest absolute Gasteiger partial charge is 0.0745 e. The quantitative estimate of drug-likeness (QED) is 0.278. The minimum absolute atomic E-state index is 0.253. The Kier molecular flexibility index (Phi) is 3.35. The molecular formula is C25H16S2. The monoisotopic (exact) mass is 380 g/mol. The van der Waals surface area contributed by atoms with E-state index in [0.717, 1.165) is 0 Å². The second kappa shape index (κ2) is 5.79. The molecule has 2 heterocycles. The van der Waals surface area contributed by atoms with Crippen molar-refractivity contribution in [3.8, 4) is 0 Å². The molecule has 0 nitrogen and oxygen atoms in total. The number of rotatable bonds is 0. The van der Waals surface area contributed by atoms with E-state index in [1.165, 1.54) is 41.8 Å². The standard InChI is InChI=1S/C25H16S2/c1-5-13-21-17(9-1)25(18-10-2-6-14-22(18)26-21)19-11-3-7-15-23(19)27-24-16-8-4-12-20(24)25/h1-16H. The Morgan fingerprint density at radius 1 is 0.370 bits per heavy atom. The van der Waals surface area contributed by atoms with Crippen LogP contribution in [0.5, 0.6) is 0 Å². The number of hydrogen-bond acceptors (Lipinski definition) is 2. The number of fused-ring (bicyclic) bond motifs is 8. The largest absolute Gasteiger partial charge is 0.0894 e. The van der Waals surface area contributed by atoms with Gasteiger partial charge in [-0.1, -0.05) is 96.3 Å². The molecular weight excluding hydrogens is 364 g/mol. The third-order valence-corrected chi connectivity index (χ3v) is 7.91. The van der Waals surface area contributed by atoms with E-state index >= 15 is 0 Å². The van der Waals surface area contributed by atoms with Gasteiger partial charge in [0.25, 0.3) is 0 Å². The highest BCUT2D eigenvalue weighted by molar-refractivity contribution is 8.00. The molecule has 2 aliphatic heterocycles. The maximum atomic E-state index is 2.32. The van der Waals surface area contributed by atoms with Crippen molar-refractivity contribution in [2.45, 2.75) is 25.0 Å². The molecule has 6 rings (SSSR count). The summed E-state index contributed by atoms with van der Waals surface area (Å²) in [6, 6.07) is 35.7. The van der Waals surface area contributed by atoms with E-state index in [1.54, 1.807) is 0 Å². The second-order valence-corrected chi connectivity index (χ2v) is 9.11. The van der Waals surface area contributed by atoms with Crippen LogP contribution in [-0.4, -0.2) is 0 Å². The maximum Gasteiger partial charge on any atom is 0.0745 e. The van der Waals surface area contributed by atoms with Crippen molar-refractivity contribution in [3.05, 3.63) is 119 Å². The van der Waals surface area contributed by atoms with Gasteiger partial charge in [0.05, 0.1) is 5.41 Å². The summed E-state index contributed by atoms with van der Waals surface area (Å²) in [6.45, 7) is 0. The van der Waals surface area contributed by atoms with Crippen LogP contribution in [0.2, 0.25) is 0 Å². The zero-order valence-corrected chi connectivity index (χ0v) is 16.2. The van der Waals surface area contributed by atoms with Crippen LogP contribution in [0.4, 0.5) is 0 Å². The lowest BCUT2D eigenvalue weighted by Crippen LogP contribution is -2.36. The minimum Gasteiger partial charge on any atom is -0.0894 e. The summed E-state index contributed by atoms with van der Waals surface area (Å²) in [5.41, 5.74) is 5.34. The predicted molar refractivity (Wildman–Crippen MR) is 113 cm³/mol. The zero-order valence-electron chi connectivity index (χ0n) is 14.6. The Labute approximate surface area is 167 Å². The van der Waals surface area contributed by atoms with Crippen LogP contribution < -0.4 is 0 Å². The molecule has 2 heteroatoms. The van der Waals surface area contributed by atoms with Crippen LogP contribution in [0.3, 0.4) is 0 Å². The Morgan fingerprint density at radius 2 is 0.630 bits per heavy atom. The SMILES string of the molecule is c1ccc2c(c1)Sc1ccccc1C21c2ccccc2Sc2ccccc21. The Hall–Kier alpha value is -2.42. The first-order chi connectivity index (χ1) is 13.4. The lowest BCUT2D eigenvalue weighted by Gasteiger charge is -2.45. The van der Waals surface area contributed by atoms with Crippen molar-refractivity contribution >= 4 is 23.5 Å². The molecule has 0 saturated heterocycles. The van der Waals surface area contributed by atoms with Gasteiger partial charge in [-0.3, -0.25) is 0 Å². The fraction of sp³-hybridized carbons (Fsp3) is 0.0400. The van der Waals surface area contributed by atoms with Gasteiger partial charge in [0.15, 0.2) is 0 Å². The van der Waals surface area contributed by atoms with Crippen molar-refractivity contribution in [1.82, 2.24) is 0 Å². The normalized spacial score (nSPS) is 15.4. The summed E-state index contributed by atoms with van der Waals surface area (Å²) in [7, 11) is 0. The molecule has 0 aromatic heterocycles. The van der Waals surface area contributed by atoms with E-state index in [2.05, 4.69) is 97.1 Å². The average Bonchev–Trinajstić information content (AvgIpc) is 2.73. The Balaban J connectivity index is 1.85. The lowest BCUT2D eigenvalue weighted by atomic mass is 9.64. The highest BCUT2D eigenvalue weighted by Gasteiger charge is 2.48. The summed E-state index contributed by atoms with van der Waals surface area (Å²) in [4.78, 5) is 5.42. The first-order valence-electron chi connectivity index (χ1n) is 9.13. The number of benzene rings is 4. The second-order valence-electron chi connectivity index (χ2n) is 6.94. The molecule has 0 bridgehead atoms. The molecule has 0 saturated carbocycles. The zero-order chi connectivity index (χ0) is 17.8. The van der Waals surface area contributed by atoms with Crippen LogP contribution in [0.25, 0.3) is 0 Å². The third-order valence-electron chi connectivity index (χ3n) is 5.60. The molecule has 0 amide bonds. The number of hydrogen-bond donors (Lipinski definition) is 0. The van der Waals surface area contributed by atoms with Gasteiger partial charge in [0.2, 0.25) is 0 Å². The molecule has 0 atom stereocenters. The van der Waals surface area contributed by atoms with E-state index < -0.39 is 0 Å². The predicted octanol–water partition coefficient (Wildman–Crippen LogP) is 7.00. The maximum absolute atomic E-state index is 2.32. The fourth-order valence-corrected chi connectivity index (χ4v) is 6.95. The van der Waals surface area contributed by atoms with Crippen molar-refractivity contribution < 1.29 is 0 Å². The topological polar surface area (TPSA) is 0 Å². The molecule has 4 aromatic carbocycles. The first kappa shape index (κ1) is 15.6. The highest BCUT2D eigenvalue weighted by Crippen LogP contribution is 2.61. The van der Waals surface area contributed by atoms with Gasteiger partial charge in [-0.15, -0.1) is 0 Å². The van der Waals surface area contributed by atoms with E-state index in [-0.39, 0.29) is 5.41 Å². The van der Waals surface area contributed by atoms with Gasteiger partial charge in [-0.2, -0.15) is 0 Å². The van der Waals surface area contributed by atoms with E-state index in [1.807, 2.05) is 23.5 Å². The molecule has 1 spiro atoms. The van der Waals surface area contributed by atoms with Crippen molar-refractivity contribution in [2.75, 3.05) is 0 Å². The molecule has 27 heavy (non-hydrogen) atoms. The molecule has 128 valence electrons. The van der Waals surface area contributed by atoms with E-state index in [9.17, 15) is 0 Å². The Bertz CT molecular complexity index is 1000. The van der Waals surface area contributed by atoms with Gasteiger partial charge in [0.1, 0.15) is 0 Å². The van der Waals surface area contributed by atoms with Crippen LogP contribution in [0.1, 0.15) is 22.3 Å². The summed E-state index contributed by atoms with van der Waals surface area (Å²) >= 11 is 3.79. The van der Waals surface area contributed by atoms with Crippen molar-refractivity contribution in [1.29, 1.82) is 0 Å². The van der Waals surface area contributed by atoms with Crippen molar-refractivity contribution in [3.63, 3.8) is 0 Å². The van der Waals surface area contributed by atoms with Gasteiger partial charge in [0, 0.05) is 19.6 Å². The summed E-state index contributed by atoms with van der Waals surface area (Å²) in [5.74, 6) is 0. The minimum atomic E-state index is -0.253. The van der Waals surface area contributed by atoms with Gasteiger partial charge >= 0.3 is 0 Å². The highest BCUT2D eigenvalue weighted by atomic mass is 32.2. The molecule has 0 fully saturated rings. The van der Waals surface area contributed by atoms with E-state index in [4.69, 9.17) is 0 Å². The summed E-state index contributed by atoms with van der Waals surface area (Å²) < 4.78 is 0. The molecule has 2 aliphatic rings. The van der Waals surface area contributed by atoms with Crippen LogP contribution in [-0.2, 0) is 5.41 Å². The first-order valence-corrected chi connectivity index (χ1v) is 10.8. The Morgan fingerprint density at radius 3 is 0.926 bits per heavy atom. The summed E-state index contributed by atoms with van der Waals surface area (Å²) in [6.07, 6.45) is 0.